The molecule has 1 rings (SSSR count). The van der Waals surface area contributed by atoms with Crippen molar-refractivity contribution in [1.29, 1.82) is 0 Å². The fraction of sp³-hybridized carbons (Fsp3) is 0.636. The third kappa shape index (κ3) is 4.29. The number of hydrogen-bond acceptors (Lipinski definition) is 5. The second-order valence-corrected chi connectivity index (χ2v) is 5.91. The molecule has 0 fully saturated rings. The Morgan fingerprint density at radius 2 is 2.16 bits per heavy atom. The molecule has 0 aliphatic rings. The van der Waals surface area contributed by atoms with Gasteiger partial charge in [0.15, 0.2) is 0 Å². The van der Waals surface area contributed by atoms with Crippen LogP contribution in [0.5, 0.6) is 0 Å². The average molecular weight is 291 g/mol. The molecule has 8 heteroatoms. The van der Waals surface area contributed by atoms with E-state index in [-0.39, 0.29) is 24.1 Å². The van der Waals surface area contributed by atoms with Crippen molar-refractivity contribution in [2.75, 3.05) is 27.4 Å². The molecule has 7 nitrogen and oxygen atoms in total. The Kier molecular flexibility index (Phi) is 5.95. The number of nitrogens with zero attached hydrogens (tertiary/aromatic N) is 1. The zero-order valence-electron chi connectivity index (χ0n) is 11.4. The molecule has 0 aliphatic carbocycles. The molecule has 0 aliphatic heterocycles. The van der Waals surface area contributed by atoms with Crippen LogP contribution >= 0.6 is 0 Å². The van der Waals surface area contributed by atoms with Crippen molar-refractivity contribution in [3.8, 4) is 0 Å². The Morgan fingerprint density at radius 1 is 1.47 bits per heavy atom. The van der Waals surface area contributed by atoms with Crippen molar-refractivity contribution in [3.63, 3.8) is 0 Å². The van der Waals surface area contributed by atoms with Crippen LogP contribution in [0.2, 0.25) is 0 Å². The maximum Gasteiger partial charge on any atom is 0.242 e. The second kappa shape index (κ2) is 7.01. The molecule has 0 bridgehead atoms. The van der Waals surface area contributed by atoms with Gasteiger partial charge in [0.1, 0.15) is 0 Å². The Morgan fingerprint density at radius 3 is 2.63 bits per heavy atom. The predicted octanol–water partition coefficient (Wildman–Crippen LogP) is -0.576. The van der Waals surface area contributed by atoms with Crippen LogP contribution in [-0.4, -0.2) is 46.5 Å². The highest BCUT2D eigenvalue weighted by molar-refractivity contribution is 7.89. The molecule has 0 amide bonds. The van der Waals surface area contributed by atoms with E-state index in [0.717, 1.165) is 5.69 Å². The van der Waals surface area contributed by atoms with E-state index in [1.165, 1.54) is 20.4 Å². The van der Waals surface area contributed by atoms with E-state index in [0.29, 0.717) is 6.61 Å². The fourth-order valence-electron chi connectivity index (χ4n) is 1.61. The van der Waals surface area contributed by atoms with E-state index >= 15 is 0 Å². The summed E-state index contributed by atoms with van der Waals surface area (Å²) < 4.78 is 38.4. The second-order valence-electron chi connectivity index (χ2n) is 4.15. The minimum absolute atomic E-state index is 0.152. The first kappa shape index (κ1) is 16.1. The number of rotatable bonds is 8. The predicted molar refractivity (Wildman–Crippen MR) is 71.2 cm³/mol. The van der Waals surface area contributed by atoms with Crippen LogP contribution in [-0.2, 0) is 33.1 Å². The molecule has 1 aromatic heterocycles. The van der Waals surface area contributed by atoms with Crippen LogP contribution in [0.4, 0.5) is 0 Å². The molecule has 3 N–H and O–H groups in total. The molecule has 110 valence electrons. The van der Waals surface area contributed by atoms with Crippen LogP contribution in [0.1, 0.15) is 5.69 Å². The summed E-state index contributed by atoms with van der Waals surface area (Å²) in [7, 11) is 1.24. The average Bonchev–Trinajstić information content (AvgIpc) is 2.76. The third-order valence-electron chi connectivity index (χ3n) is 2.79. The van der Waals surface area contributed by atoms with Crippen LogP contribution < -0.4 is 10.5 Å². The Labute approximate surface area is 113 Å². The largest absolute Gasteiger partial charge is 0.382 e. The summed E-state index contributed by atoms with van der Waals surface area (Å²) in [6.07, 6.45) is 1.21. The van der Waals surface area contributed by atoms with Gasteiger partial charge in [0.05, 0.1) is 17.6 Å². The van der Waals surface area contributed by atoms with E-state index < -0.39 is 10.0 Å². The molecule has 0 spiro atoms. The highest BCUT2D eigenvalue weighted by atomic mass is 32.2. The van der Waals surface area contributed by atoms with Gasteiger partial charge in [-0.15, -0.1) is 0 Å². The molecule has 0 saturated carbocycles. The number of nitrogens with two attached hydrogens (primary N) is 1. The molecule has 0 saturated heterocycles. The molecule has 19 heavy (non-hydrogen) atoms. The van der Waals surface area contributed by atoms with Crippen molar-refractivity contribution >= 4 is 10.0 Å². The minimum Gasteiger partial charge on any atom is -0.382 e. The molecular weight excluding hydrogens is 270 g/mol. The maximum atomic E-state index is 12.1. The van der Waals surface area contributed by atoms with Gasteiger partial charge < -0.3 is 19.8 Å². The lowest BCUT2D eigenvalue weighted by Gasteiger charge is -2.14. The first-order valence-corrected chi connectivity index (χ1v) is 7.29. The lowest BCUT2D eigenvalue weighted by molar-refractivity contribution is 0.0320. The lowest BCUT2D eigenvalue weighted by Crippen LogP contribution is -2.35. The number of hydrogen-bond donors (Lipinski definition) is 2. The topological polar surface area (TPSA) is 95.6 Å². The zero-order chi connectivity index (χ0) is 14.5. The number of sulfonamides is 1. The third-order valence-corrected chi connectivity index (χ3v) is 4.18. The van der Waals surface area contributed by atoms with Crippen LogP contribution in [0.15, 0.2) is 17.2 Å². The summed E-state index contributed by atoms with van der Waals surface area (Å²) in [5, 5.41) is 0. The Balaban J connectivity index is 2.75. The molecule has 0 radical (unpaired) electrons. The smallest absolute Gasteiger partial charge is 0.242 e. The van der Waals surface area contributed by atoms with Gasteiger partial charge in [-0.2, -0.15) is 0 Å². The van der Waals surface area contributed by atoms with Gasteiger partial charge in [-0.1, -0.05) is 0 Å². The van der Waals surface area contributed by atoms with E-state index in [9.17, 15) is 8.42 Å². The summed E-state index contributed by atoms with van der Waals surface area (Å²) in [6, 6.07) is 1.56. The van der Waals surface area contributed by atoms with Crippen molar-refractivity contribution in [1.82, 2.24) is 9.29 Å². The summed E-state index contributed by atoms with van der Waals surface area (Å²) >= 11 is 0. The van der Waals surface area contributed by atoms with Gasteiger partial charge in [-0.05, 0) is 6.07 Å². The zero-order valence-corrected chi connectivity index (χ0v) is 12.2. The van der Waals surface area contributed by atoms with Gasteiger partial charge in [-0.25, -0.2) is 13.1 Å². The SMILES string of the molecule is COCC(CNS(=O)(=O)c1cc(CN)n(C)c1)OC. The monoisotopic (exact) mass is 291 g/mol. The summed E-state index contributed by atoms with van der Waals surface area (Å²) in [5.41, 5.74) is 6.27. The van der Waals surface area contributed by atoms with Gasteiger partial charge in [0.25, 0.3) is 0 Å². The molecule has 1 heterocycles. The van der Waals surface area contributed by atoms with Crippen molar-refractivity contribution < 1.29 is 17.9 Å². The summed E-state index contributed by atoms with van der Waals surface area (Å²) in [5.74, 6) is 0. The normalized spacial score (nSPS) is 13.7. The summed E-state index contributed by atoms with van der Waals surface area (Å²) in [4.78, 5) is 0.197. The van der Waals surface area contributed by atoms with Crippen molar-refractivity contribution in [2.24, 2.45) is 12.8 Å². The van der Waals surface area contributed by atoms with Crippen LogP contribution in [0.25, 0.3) is 0 Å². The lowest BCUT2D eigenvalue weighted by atomic mass is 10.4. The Hall–Kier alpha value is -0.930. The highest BCUT2D eigenvalue weighted by Crippen LogP contribution is 2.12. The quantitative estimate of drug-likeness (QED) is 0.668. The van der Waals surface area contributed by atoms with E-state index in [4.69, 9.17) is 15.2 Å². The maximum absolute atomic E-state index is 12.1. The number of nitrogens with one attached hydrogen (secondary N) is 1. The van der Waals surface area contributed by atoms with Crippen molar-refractivity contribution in [3.05, 3.63) is 18.0 Å². The van der Waals surface area contributed by atoms with E-state index in [2.05, 4.69) is 4.72 Å². The number of methoxy groups -OCH3 is 2. The van der Waals surface area contributed by atoms with Gasteiger partial charge in [-0.3, -0.25) is 0 Å². The minimum atomic E-state index is -3.56. The number of aryl methyl sites for hydroxylation is 1. The molecular formula is C11H21N3O4S. The highest BCUT2D eigenvalue weighted by Gasteiger charge is 2.19. The standard InChI is InChI=1S/C11H21N3O4S/c1-14-7-11(4-9(14)5-12)19(15,16)13-6-10(18-3)8-17-2/h4,7,10,13H,5-6,8,12H2,1-3H3. The van der Waals surface area contributed by atoms with Gasteiger partial charge in [0, 0.05) is 46.2 Å². The first-order chi connectivity index (χ1) is 8.94. The number of ether oxygens (including phenoxy) is 2. The molecule has 0 aromatic carbocycles. The van der Waals surface area contributed by atoms with Crippen LogP contribution in [0.3, 0.4) is 0 Å². The van der Waals surface area contributed by atoms with E-state index in [1.54, 1.807) is 17.7 Å². The molecule has 1 atom stereocenters. The van der Waals surface area contributed by atoms with E-state index in [1.807, 2.05) is 0 Å². The number of aromatic nitrogens is 1. The van der Waals surface area contributed by atoms with Gasteiger partial charge >= 0.3 is 0 Å². The fourth-order valence-corrected chi connectivity index (χ4v) is 2.77. The van der Waals surface area contributed by atoms with Gasteiger partial charge in [0.2, 0.25) is 10.0 Å². The van der Waals surface area contributed by atoms with Crippen LogP contribution in [0, 0.1) is 0 Å². The molecule has 1 unspecified atom stereocenters. The molecule has 1 aromatic rings. The summed E-state index contributed by atoms with van der Waals surface area (Å²) in [6.45, 7) is 0.762. The first-order valence-electron chi connectivity index (χ1n) is 5.81. The Bertz CT molecular complexity index is 498. The van der Waals surface area contributed by atoms with Crippen molar-refractivity contribution in [2.45, 2.75) is 17.5 Å².